The monoisotopic (exact) mass is 288 g/mol. The summed E-state index contributed by atoms with van der Waals surface area (Å²) >= 11 is 0. The maximum absolute atomic E-state index is 12.7. The Labute approximate surface area is 124 Å². The molecule has 1 saturated heterocycles. The summed E-state index contributed by atoms with van der Waals surface area (Å²) in [6.07, 6.45) is 0.841. The number of carbonyl (C=O) groups is 2. The number of rotatable bonds is 1. The molecule has 5 heteroatoms. The molecule has 2 amide bonds. The molecule has 0 aromatic heterocycles. The van der Waals surface area contributed by atoms with Gasteiger partial charge in [0.15, 0.2) is 0 Å². The predicted octanol–water partition coefficient (Wildman–Crippen LogP) is 1.78. The molecular weight excluding hydrogens is 268 g/mol. The lowest BCUT2D eigenvalue weighted by molar-refractivity contribution is -0.142. The highest BCUT2D eigenvalue weighted by Crippen LogP contribution is 2.27. The van der Waals surface area contributed by atoms with Crippen LogP contribution in [0.2, 0.25) is 0 Å². The molecule has 2 heterocycles. The first-order valence-electron chi connectivity index (χ1n) is 7.37. The topological polar surface area (TPSA) is 58.6 Å². The van der Waals surface area contributed by atoms with Gasteiger partial charge in [-0.1, -0.05) is 18.2 Å². The van der Waals surface area contributed by atoms with Crippen molar-refractivity contribution >= 4 is 17.5 Å². The average Bonchev–Trinajstić information content (AvgIpc) is 2.86. The predicted molar refractivity (Wildman–Crippen MR) is 78.6 cm³/mol. The Bertz CT molecular complexity index is 572. The first-order valence-corrected chi connectivity index (χ1v) is 7.37. The lowest BCUT2D eigenvalue weighted by atomic mass is 10.0. The molecule has 5 nitrogen and oxygen atoms in total. The number of amides is 2. The van der Waals surface area contributed by atoms with Gasteiger partial charge >= 0.3 is 0 Å². The van der Waals surface area contributed by atoms with E-state index in [1.807, 2.05) is 31.2 Å². The molecule has 2 aliphatic rings. The fourth-order valence-electron chi connectivity index (χ4n) is 2.97. The van der Waals surface area contributed by atoms with E-state index >= 15 is 0 Å². The number of hydrogen-bond acceptors (Lipinski definition) is 3. The van der Waals surface area contributed by atoms with Gasteiger partial charge in [-0.3, -0.25) is 9.59 Å². The highest BCUT2D eigenvalue weighted by Gasteiger charge is 2.36. The second kappa shape index (κ2) is 5.48. The number of para-hydroxylation sites is 1. The molecule has 0 bridgehead atoms. The van der Waals surface area contributed by atoms with E-state index < -0.39 is 6.04 Å². The van der Waals surface area contributed by atoms with Crippen molar-refractivity contribution in [2.45, 2.75) is 39.0 Å². The highest BCUT2D eigenvalue weighted by molar-refractivity contribution is 5.98. The molecule has 0 saturated carbocycles. The van der Waals surface area contributed by atoms with Crippen LogP contribution in [0, 0.1) is 5.92 Å². The van der Waals surface area contributed by atoms with Crippen LogP contribution in [0.25, 0.3) is 0 Å². The van der Waals surface area contributed by atoms with E-state index in [9.17, 15) is 9.59 Å². The second-order valence-electron chi connectivity index (χ2n) is 5.87. The number of benzene rings is 1. The van der Waals surface area contributed by atoms with Crippen LogP contribution in [0.15, 0.2) is 24.3 Å². The number of anilines is 1. The summed E-state index contributed by atoms with van der Waals surface area (Å²) in [5, 5.41) is 2.89. The quantitative estimate of drug-likeness (QED) is 0.857. The van der Waals surface area contributed by atoms with Crippen LogP contribution in [-0.2, 0) is 20.9 Å². The Hall–Kier alpha value is -1.88. The molecule has 21 heavy (non-hydrogen) atoms. The van der Waals surface area contributed by atoms with E-state index in [-0.39, 0.29) is 23.8 Å². The summed E-state index contributed by atoms with van der Waals surface area (Å²) in [4.78, 5) is 26.6. The fraction of sp³-hybridized carbons (Fsp3) is 0.500. The minimum absolute atomic E-state index is 0.0127. The second-order valence-corrected chi connectivity index (χ2v) is 5.87. The minimum Gasteiger partial charge on any atom is -0.378 e. The molecule has 1 fully saturated rings. The Kier molecular flexibility index (Phi) is 3.68. The standard InChI is InChI=1S/C16H20N2O3/c1-10-7-13(9-21-10)16(20)18-8-12-5-3-4-6-14(12)17-15(19)11(18)2/h3-6,10-11,13H,7-9H2,1-2H3,(H,17,19). The van der Waals surface area contributed by atoms with Crippen LogP contribution in [-0.4, -0.2) is 35.5 Å². The highest BCUT2D eigenvalue weighted by atomic mass is 16.5. The Morgan fingerprint density at radius 3 is 2.81 bits per heavy atom. The minimum atomic E-state index is -0.471. The molecule has 3 atom stereocenters. The van der Waals surface area contributed by atoms with Gasteiger partial charge in [0.1, 0.15) is 6.04 Å². The summed E-state index contributed by atoms with van der Waals surface area (Å²) in [7, 11) is 0. The molecule has 0 radical (unpaired) electrons. The number of hydrogen-bond donors (Lipinski definition) is 1. The van der Waals surface area contributed by atoms with E-state index in [1.54, 1.807) is 11.8 Å². The van der Waals surface area contributed by atoms with E-state index in [0.29, 0.717) is 13.2 Å². The van der Waals surface area contributed by atoms with Gasteiger partial charge in [-0.2, -0.15) is 0 Å². The molecule has 0 spiro atoms. The van der Waals surface area contributed by atoms with Crippen LogP contribution in [0.1, 0.15) is 25.8 Å². The van der Waals surface area contributed by atoms with Gasteiger partial charge in [0, 0.05) is 12.2 Å². The van der Waals surface area contributed by atoms with E-state index in [1.165, 1.54) is 0 Å². The third-order valence-corrected chi connectivity index (χ3v) is 4.29. The van der Waals surface area contributed by atoms with Crippen LogP contribution >= 0.6 is 0 Å². The first-order chi connectivity index (χ1) is 10.1. The number of nitrogens with one attached hydrogen (secondary N) is 1. The van der Waals surface area contributed by atoms with Crippen molar-refractivity contribution < 1.29 is 14.3 Å². The maximum atomic E-state index is 12.7. The molecule has 1 aromatic rings. The zero-order chi connectivity index (χ0) is 15.0. The number of fused-ring (bicyclic) bond motifs is 1. The Morgan fingerprint density at radius 1 is 1.33 bits per heavy atom. The summed E-state index contributed by atoms with van der Waals surface area (Å²) in [5.41, 5.74) is 1.76. The summed E-state index contributed by atoms with van der Waals surface area (Å²) in [5.74, 6) is -0.264. The molecule has 0 aliphatic carbocycles. The SMILES string of the molecule is CC1CC(C(=O)N2Cc3ccccc3NC(=O)C2C)CO1. The van der Waals surface area contributed by atoms with Crippen LogP contribution in [0.4, 0.5) is 5.69 Å². The maximum Gasteiger partial charge on any atom is 0.246 e. The van der Waals surface area contributed by atoms with Crippen LogP contribution in [0.3, 0.4) is 0 Å². The number of ether oxygens (including phenoxy) is 1. The lowest BCUT2D eigenvalue weighted by Crippen LogP contribution is -2.46. The number of nitrogens with zero attached hydrogens (tertiary/aromatic N) is 1. The lowest BCUT2D eigenvalue weighted by Gasteiger charge is -2.28. The van der Waals surface area contributed by atoms with Crippen molar-refractivity contribution in [2.24, 2.45) is 5.92 Å². The van der Waals surface area contributed by atoms with Crippen molar-refractivity contribution in [3.05, 3.63) is 29.8 Å². The van der Waals surface area contributed by atoms with Crippen LogP contribution in [0.5, 0.6) is 0 Å². The summed E-state index contributed by atoms with van der Waals surface area (Å²) in [6, 6.07) is 7.15. The summed E-state index contributed by atoms with van der Waals surface area (Å²) in [6.45, 7) is 4.66. The molecule has 1 aromatic carbocycles. The van der Waals surface area contributed by atoms with Gasteiger partial charge in [0.25, 0.3) is 0 Å². The normalized spacial score (nSPS) is 28.8. The summed E-state index contributed by atoms with van der Waals surface area (Å²) < 4.78 is 5.49. The van der Waals surface area contributed by atoms with E-state index in [4.69, 9.17) is 4.74 Å². The third-order valence-electron chi connectivity index (χ3n) is 4.29. The molecular formula is C16H20N2O3. The van der Waals surface area contributed by atoms with Gasteiger partial charge in [0.05, 0.1) is 18.6 Å². The van der Waals surface area contributed by atoms with Gasteiger partial charge in [-0.05, 0) is 31.9 Å². The molecule has 3 unspecified atom stereocenters. The first kappa shape index (κ1) is 14.1. The van der Waals surface area contributed by atoms with Crippen molar-refractivity contribution in [3.63, 3.8) is 0 Å². The van der Waals surface area contributed by atoms with Crippen molar-refractivity contribution in [1.82, 2.24) is 4.90 Å². The van der Waals surface area contributed by atoms with Crippen LogP contribution < -0.4 is 5.32 Å². The van der Waals surface area contributed by atoms with E-state index in [2.05, 4.69) is 5.32 Å². The van der Waals surface area contributed by atoms with Gasteiger partial charge in [0.2, 0.25) is 11.8 Å². The third kappa shape index (κ3) is 2.65. The molecule has 2 aliphatic heterocycles. The molecule has 3 rings (SSSR count). The molecule has 1 N–H and O–H groups in total. The Balaban J connectivity index is 1.87. The van der Waals surface area contributed by atoms with Gasteiger partial charge in [-0.15, -0.1) is 0 Å². The van der Waals surface area contributed by atoms with Crippen molar-refractivity contribution in [2.75, 3.05) is 11.9 Å². The smallest absolute Gasteiger partial charge is 0.246 e. The fourth-order valence-corrected chi connectivity index (χ4v) is 2.97. The zero-order valence-electron chi connectivity index (χ0n) is 12.3. The van der Waals surface area contributed by atoms with Gasteiger partial charge in [-0.25, -0.2) is 0 Å². The van der Waals surface area contributed by atoms with Crippen molar-refractivity contribution in [1.29, 1.82) is 0 Å². The average molecular weight is 288 g/mol. The number of carbonyl (C=O) groups excluding carboxylic acids is 2. The Morgan fingerprint density at radius 2 is 2.10 bits per heavy atom. The van der Waals surface area contributed by atoms with Gasteiger partial charge < -0.3 is 15.0 Å². The zero-order valence-corrected chi connectivity index (χ0v) is 12.3. The van der Waals surface area contributed by atoms with Crippen molar-refractivity contribution in [3.8, 4) is 0 Å². The van der Waals surface area contributed by atoms with E-state index in [0.717, 1.165) is 17.7 Å². The largest absolute Gasteiger partial charge is 0.378 e. The molecule has 112 valence electrons.